The maximum atomic E-state index is 6.19. The maximum Gasteiger partial charge on any atom is 0.105 e. The van der Waals surface area contributed by atoms with Crippen molar-refractivity contribution in [1.82, 2.24) is 0 Å². The third kappa shape index (κ3) is 2.65. The molecule has 0 radical (unpaired) electrons. The predicted molar refractivity (Wildman–Crippen MR) is 88.6 cm³/mol. The Labute approximate surface area is 128 Å². The minimum Gasteiger partial charge on any atom is -0.389 e. The highest BCUT2D eigenvalue weighted by Gasteiger charge is 2.20. The molecule has 20 heavy (non-hydrogen) atoms. The number of hydrogen-bond donors (Lipinski definition) is 2. The second-order valence-corrected chi connectivity index (χ2v) is 5.92. The molecule has 0 fully saturated rings. The summed E-state index contributed by atoms with van der Waals surface area (Å²) in [5.41, 5.74) is 10.2. The standard InChI is InChI=1S/C16H15ClN2S/c17-15-9-12(5-6-14(15)16(18)20)19-13-7-10-3-1-2-4-11(10)8-13/h1-6,9,13,19H,7-8H2,(H2,18,20). The van der Waals surface area contributed by atoms with E-state index in [1.54, 1.807) is 0 Å². The molecule has 2 aromatic carbocycles. The van der Waals surface area contributed by atoms with Gasteiger partial charge in [-0.3, -0.25) is 0 Å². The van der Waals surface area contributed by atoms with Crippen LogP contribution < -0.4 is 11.1 Å². The Bertz CT molecular complexity index is 644. The molecular formula is C16H15ClN2S. The minimum absolute atomic E-state index is 0.329. The van der Waals surface area contributed by atoms with Gasteiger partial charge in [0, 0.05) is 17.3 Å². The Morgan fingerprint density at radius 2 is 1.80 bits per heavy atom. The second kappa shape index (κ2) is 5.43. The smallest absolute Gasteiger partial charge is 0.105 e. The SMILES string of the molecule is NC(=S)c1ccc(NC2Cc3ccccc3C2)cc1Cl. The van der Waals surface area contributed by atoms with E-state index >= 15 is 0 Å². The summed E-state index contributed by atoms with van der Waals surface area (Å²) in [6.07, 6.45) is 2.09. The van der Waals surface area contributed by atoms with Crippen LogP contribution in [0.5, 0.6) is 0 Å². The zero-order valence-electron chi connectivity index (χ0n) is 10.9. The first kappa shape index (κ1) is 13.4. The molecule has 1 aliphatic rings. The Kier molecular flexibility index (Phi) is 3.64. The summed E-state index contributed by atoms with van der Waals surface area (Å²) in [7, 11) is 0. The highest BCUT2D eigenvalue weighted by atomic mass is 35.5. The van der Waals surface area contributed by atoms with Gasteiger partial charge in [0.05, 0.1) is 5.02 Å². The summed E-state index contributed by atoms with van der Waals surface area (Å²) in [5.74, 6) is 0. The lowest BCUT2D eigenvalue weighted by Gasteiger charge is -2.14. The van der Waals surface area contributed by atoms with Crippen LogP contribution in [-0.2, 0) is 12.8 Å². The quantitative estimate of drug-likeness (QED) is 0.852. The van der Waals surface area contributed by atoms with E-state index in [1.807, 2.05) is 18.2 Å². The van der Waals surface area contributed by atoms with Gasteiger partial charge in [0.1, 0.15) is 4.99 Å². The molecule has 0 aliphatic heterocycles. The molecule has 0 bridgehead atoms. The molecule has 3 N–H and O–H groups in total. The molecule has 4 heteroatoms. The minimum atomic E-state index is 0.329. The van der Waals surface area contributed by atoms with Gasteiger partial charge in [0.2, 0.25) is 0 Å². The number of hydrogen-bond acceptors (Lipinski definition) is 2. The zero-order valence-corrected chi connectivity index (χ0v) is 12.5. The Morgan fingerprint density at radius 1 is 1.15 bits per heavy atom. The molecule has 0 heterocycles. The maximum absolute atomic E-state index is 6.19. The van der Waals surface area contributed by atoms with Crippen LogP contribution in [0, 0.1) is 0 Å². The number of nitrogens with two attached hydrogens (primary N) is 1. The van der Waals surface area contributed by atoms with E-state index in [2.05, 4.69) is 29.6 Å². The van der Waals surface area contributed by atoms with E-state index in [0.717, 1.165) is 24.1 Å². The van der Waals surface area contributed by atoms with E-state index in [1.165, 1.54) is 11.1 Å². The zero-order chi connectivity index (χ0) is 14.1. The van der Waals surface area contributed by atoms with Crippen LogP contribution in [-0.4, -0.2) is 11.0 Å². The first-order valence-electron chi connectivity index (χ1n) is 6.56. The molecule has 2 nitrogen and oxygen atoms in total. The van der Waals surface area contributed by atoms with Crippen LogP contribution in [0.2, 0.25) is 5.02 Å². The first-order valence-corrected chi connectivity index (χ1v) is 7.35. The van der Waals surface area contributed by atoms with E-state index in [0.29, 0.717) is 16.1 Å². The molecule has 1 aliphatic carbocycles. The number of rotatable bonds is 3. The molecule has 0 saturated heterocycles. The lowest BCUT2D eigenvalue weighted by Crippen LogP contribution is -2.19. The lowest BCUT2D eigenvalue weighted by atomic mass is 10.1. The van der Waals surface area contributed by atoms with Gasteiger partial charge in [0.15, 0.2) is 0 Å². The summed E-state index contributed by atoms with van der Waals surface area (Å²) in [6.45, 7) is 0. The molecule has 0 atom stereocenters. The summed E-state index contributed by atoms with van der Waals surface area (Å²) in [6, 6.07) is 14.7. The number of thiocarbonyl (C=S) groups is 1. The third-order valence-electron chi connectivity index (χ3n) is 3.66. The van der Waals surface area contributed by atoms with Crippen LogP contribution in [0.15, 0.2) is 42.5 Å². The largest absolute Gasteiger partial charge is 0.389 e. The number of fused-ring (bicyclic) bond motifs is 1. The predicted octanol–water partition coefficient (Wildman–Crippen LogP) is 3.55. The highest BCUT2D eigenvalue weighted by Crippen LogP contribution is 2.26. The number of benzene rings is 2. The van der Waals surface area contributed by atoms with Gasteiger partial charge in [-0.05, 0) is 42.2 Å². The van der Waals surface area contributed by atoms with Gasteiger partial charge >= 0.3 is 0 Å². The topological polar surface area (TPSA) is 38.0 Å². The summed E-state index contributed by atoms with van der Waals surface area (Å²) < 4.78 is 0. The van der Waals surface area contributed by atoms with E-state index < -0.39 is 0 Å². The molecule has 0 amide bonds. The molecular weight excluding hydrogens is 288 g/mol. The molecule has 2 aromatic rings. The van der Waals surface area contributed by atoms with Crippen molar-refractivity contribution in [2.45, 2.75) is 18.9 Å². The molecule has 102 valence electrons. The average Bonchev–Trinajstić information content (AvgIpc) is 2.80. The van der Waals surface area contributed by atoms with Crippen LogP contribution in [0.3, 0.4) is 0 Å². The fourth-order valence-corrected chi connectivity index (χ4v) is 3.22. The first-order chi connectivity index (χ1) is 9.63. The van der Waals surface area contributed by atoms with Crippen LogP contribution in [0.4, 0.5) is 5.69 Å². The van der Waals surface area contributed by atoms with E-state index in [-0.39, 0.29) is 0 Å². The Balaban J connectivity index is 1.74. The molecule has 0 spiro atoms. The molecule has 0 unspecified atom stereocenters. The van der Waals surface area contributed by atoms with Crippen molar-refractivity contribution < 1.29 is 0 Å². The normalized spacial score (nSPS) is 14.1. The van der Waals surface area contributed by atoms with E-state index in [4.69, 9.17) is 29.6 Å². The van der Waals surface area contributed by atoms with Crippen molar-refractivity contribution in [2.75, 3.05) is 5.32 Å². The number of nitrogens with one attached hydrogen (secondary N) is 1. The molecule has 0 aromatic heterocycles. The Morgan fingerprint density at radius 3 is 2.35 bits per heavy atom. The second-order valence-electron chi connectivity index (χ2n) is 5.08. The lowest BCUT2D eigenvalue weighted by molar-refractivity contribution is 0.774. The van der Waals surface area contributed by atoms with Crippen molar-refractivity contribution in [1.29, 1.82) is 0 Å². The van der Waals surface area contributed by atoms with Crippen molar-refractivity contribution >= 4 is 34.5 Å². The van der Waals surface area contributed by atoms with Crippen molar-refractivity contribution in [3.8, 4) is 0 Å². The number of anilines is 1. The number of halogens is 1. The van der Waals surface area contributed by atoms with Crippen LogP contribution in [0.1, 0.15) is 16.7 Å². The fourth-order valence-electron chi connectivity index (χ4n) is 2.70. The Hall–Kier alpha value is -1.58. The van der Waals surface area contributed by atoms with E-state index in [9.17, 15) is 0 Å². The van der Waals surface area contributed by atoms with Crippen molar-refractivity contribution in [3.05, 3.63) is 64.2 Å². The van der Waals surface area contributed by atoms with Crippen molar-refractivity contribution in [3.63, 3.8) is 0 Å². The average molecular weight is 303 g/mol. The van der Waals surface area contributed by atoms with Gasteiger partial charge in [0.25, 0.3) is 0 Å². The summed E-state index contributed by atoms with van der Waals surface area (Å²) in [4.78, 5) is 0.329. The molecule has 3 rings (SSSR count). The highest BCUT2D eigenvalue weighted by molar-refractivity contribution is 7.80. The van der Waals surface area contributed by atoms with Gasteiger partial charge in [-0.1, -0.05) is 48.1 Å². The van der Waals surface area contributed by atoms with Crippen LogP contribution >= 0.6 is 23.8 Å². The van der Waals surface area contributed by atoms with Crippen LogP contribution in [0.25, 0.3) is 0 Å². The summed E-state index contributed by atoms with van der Waals surface area (Å²) in [5, 5.41) is 4.12. The van der Waals surface area contributed by atoms with Gasteiger partial charge in [-0.15, -0.1) is 0 Å². The van der Waals surface area contributed by atoms with Gasteiger partial charge < -0.3 is 11.1 Å². The third-order valence-corrected chi connectivity index (χ3v) is 4.19. The summed E-state index contributed by atoms with van der Waals surface area (Å²) >= 11 is 11.1. The van der Waals surface area contributed by atoms with Gasteiger partial charge in [-0.25, -0.2) is 0 Å². The molecule has 0 saturated carbocycles. The fraction of sp³-hybridized carbons (Fsp3) is 0.188. The monoisotopic (exact) mass is 302 g/mol. The van der Waals surface area contributed by atoms with Gasteiger partial charge in [-0.2, -0.15) is 0 Å². The van der Waals surface area contributed by atoms with Crippen molar-refractivity contribution in [2.24, 2.45) is 5.73 Å².